The van der Waals surface area contributed by atoms with E-state index in [1.807, 2.05) is 6.08 Å². The third kappa shape index (κ3) is 1.96. The Morgan fingerprint density at radius 2 is 1.92 bits per heavy atom. The number of ketones is 1. The van der Waals surface area contributed by atoms with Crippen LogP contribution in [-0.2, 0) is 9.59 Å². The lowest BCUT2D eigenvalue weighted by atomic mass is 9.47. The molecule has 24 heavy (non-hydrogen) atoms. The number of carbonyl (C=O) groups excluding carboxylic acids is 1. The van der Waals surface area contributed by atoms with Gasteiger partial charge in [-0.2, -0.15) is 0 Å². The van der Waals surface area contributed by atoms with Crippen molar-refractivity contribution in [3.8, 4) is 0 Å². The zero-order valence-electron chi connectivity index (χ0n) is 15.0. The van der Waals surface area contributed by atoms with Crippen molar-refractivity contribution < 1.29 is 14.7 Å². The minimum Gasteiger partial charge on any atom is -0.481 e. The fraction of sp³-hybridized carbons (Fsp3) is 0.714. The van der Waals surface area contributed by atoms with Crippen molar-refractivity contribution in [2.75, 3.05) is 0 Å². The van der Waals surface area contributed by atoms with Crippen molar-refractivity contribution in [2.45, 2.75) is 59.3 Å². The normalized spacial score (nSPS) is 47.2. The average Bonchev–Trinajstić information content (AvgIpc) is 2.87. The van der Waals surface area contributed by atoms with Crippen molar-refractivity contribution in [3.63, 3.8) is 0 Å². The molecule has 6 unspecified atom stereocenters. The SMILES string of the molecule is CC1=CC2C(CCC3(C)C(C(=O)O)CCC23)C2(C)CCC(=O)C=C12. The second-order valence-electron chi connectivity index (χ2n) is 9.09. The molecule has 4 aliphatic carbocycles. The number of carboxylic acids is 1. The Labute approximate surface area is 144 Å². The predicted molar refractivity (Wildman–Crippen MR) is 92.4 cm³/mol. The molecule has 3 nitrogen and oxygen atoms in total. The Hall–Kier alpha value is -1.38. The third-order valence-corrected chi connectivity index (χ3v) is 8.13. The lowest BCUT2D eigenvalue weighted by molar-refractivity contribution is -0.148. The van der Waals surface area contributed by atoms with Gasteiger partial charge >= 0.3 is 5.97 Å². The van der Waals surface area contributed by atoms with E-state index in [0.29, 0.717) is 24.2 Å². The van der Waals surface area contributed by atoms with Crippen molar-refractivity contribution in [1.82, 2.24) is 0 Å². The highest BCUT2D eigenvalue weighted by Gasteiger charge is 2.59. The first kappa shape index (κ1) is 16.1. The number of hydrogen-bond donors (Lipinski definition) is 1. The number of rotatable bonds is 1. The van der Waals surface area contributed by atoms with Crippen LogP contribution < -0.4 is 0 Å². The Morgan fingerprint density at radius 3 is 2.62 bits per heavy atom. The zero-order chi connectivity index (χ0) is 17.3. The lowest BCUT2D eigenvalue weighted by Crippen LogP contribution is -2.50. The van der Waals surface area contributed by atoms with Crippen LogP contribution in [0.15, 0.2) is 23.3 Å². The average molecular weight is 328 g/mol. The van der Waals surface area contributed by atoms with Crippen molar-refractivity contribution in [2.24, 2.45) is 34.5 Å². The van der Waals surface area contributed by atoms with Crippen LogP contribution in [0.1, 0.15) is 59.3 Å². The van der Waals surface area contributed by atoms with E-state index in [1.54, 1.807) is 0 Å². The monoisotopic (exact) mass is 328 g/mol. The molecular formula is C21H28O3. The minimum absolute atomic E-state index is 0.0636. The summed E-state index contributed by atoms with van der Waals surface area (Å²) in [6.45, 7) is 6.72. The quantitative estimate of drug-likeness (QED) is 0.777. The maximum atomic E-state index is 11.9. The number of carbonyl (C=O) groups is 2. The maximum Gasteiger partial charge on any atom is 0.307 e. The van der Waals surface area contributed by atoms with Gasteiger partial charge in [0.05, 0.1) is 5.92 Å². The van der Waals surface area contributed by atoms with Gasteiger partial charge in [-0.05, 0) is 79.3 Å². The molecule has 6 atom stereocenters. The summed E-state index contributed by atoms with van der Waals surface area (Å²) < 4.78 is 0. The molecule has 0 radical (unpaired) electrons. The van der Waals surface area contributed by atoms with Crippen LogP contribution in [0.2, 0.25) is 0 Å². The number of carboxylic acid groups (broad SMARTS) is 1. The molecule has 1 N–H and O–H groups in total. The van der Waals surface area contributed by atoms with E-state index in [-0.39, 0.29) is 22.5 Å². The molecule has 2 saturated carbocycles. The number of hydrogen-bond acceptors (Lipinski definition) is 2. The van der Waals surface area contributed by atoms with E-state index in [2.05, 4.69) is 26.8 Å². The van der Waals surface area contributed by atoms with Crippen LogP contribution in [0.5, 0.6) is 0 Å². The van der Waals surface area contributed by atoms with Gasteiger partial charge in [0.2, 0.25) is 0 Å². The van der Waals surface area contributed by atoms with Gasteiger partial charge in [-0.1, -0.05) is 25.5 Å². The zero-order valence-corrected chi connectivity index (χ0v) is 15.0. The van der Waals surface area contributed by atoms with E-state index >= 15 is 0 Å². The molecule has 0 aromatic heterocycles. The molecule has 0 bridgehead atoms. The molecule has 0 aromatic carbocycles. The van der Waals surface area contributed by atoms with Gasteiger partial charge < -0.3 is 5.11 Å². The Morgan fingerprint density at radius 1 is 1.17 bits per heavy atom. The lowest BCUT2D eigenvalue weighted by Gasteiger charge is -2.56. The first-order valence-electron chi connectivity index (χ1n) is 9.44. The van der Waals surface area contributed by atoms with E-state index in [1.165, 1.54) is 11.1 Å². The topological polar surface area (TPSA) is 54.4 Å². The molecule has 0 amide bonds. The van der Waals surface area contributed by atoms with Crippen LogP contribution in [0, 0.1) is 34.5 Å². The molecule has 0 aromatic rings. The summed E-state index contributed by atoms with van der Waals surface area (Å²) in [4.78, 5) is 23.7. The van der Waals surface area contributed by atoms with E-state index in [0.717, 1.165) is 32.1 Å². The minimum atomic E-state index is -0.606. The Kier molecular flexibility index (Phi) is 3.40. The number of aliphatic carboxylic acids is 1. The highest BCUT2D eigenvalue weighted by molar-refractivity contribution is 5.92. The summed E-state index contributed by atoms with van der Waals surface area (Å²) in [6.07, 6.45) is 9.87. The molecule has 2 fully saturated rings. The Balaban J connectivity index is 1.77. The second kappa shape index (κ2) is 5.06. The summed E-state index contributed by atoms with van der Waals surface area (Å²) in [5, 5.41) is 9.67. The fourth-order valence-electron chi connectivity index (χ4n) is 6.82. The van der Waals surface area contributed by atoms with Gasteiger partial charge in [0, 0.05) is 6.42 Å². The van der Waals surface area contributed by atoms with Gasteiger partial charge in [-0.15, -0.1) is 0 Å². The highest BCUT2D eigenvalue weighted by atomic mass is 16.4. The van der Waals surface area contributed by atoms with E-state index in [4.69, 9.17) is 0 Å². The van der Waals surface area contributed by atoms with Gasteiger partial charge in [0.15, 0.2) is 5.78 Å². The standard InChI is InChI=1S/C21H28O3/c1-12-10-14-15-4-5-17(19(23)24)20(15,2)9-7-16(14)21(3)8-6-13(22)11-18(12)21/h10-11,14-17H,4-9H2,1-3H3,(H,23,24). The molecule has 0 aliphatic heterocycles. The van der Waals surface area contributed by atoms with E-state index < -0.39 is 5.97 Å². The smallest absolute Gasteiger partial charge is 0.307 e. The summed E-state index contributed by atoms with van der Waals surface area (Å²) in [5.41, 5.74) is 2.55. The van der Waals surface area contributed by atoms with Gasteiger partial charge in [-0.3, -0.25) is 9.59 Å². The molecule has 4 aliphatic rings. The molecule has 0 spiro atoms. The first-order valence-corrected chi connectivity index (χ1v) is 9.44. The first-order chi connectivity index (χ1) is 11.3. The fourth-order valence-corrected chi connectivity index (χ4v) is 6.82. The predicted octanol–water partition coefficient (Wildman–Crippen LogP) is 4.39. The molecule has 4 rings (SSSR count). The largest absolute Gasteiger partial charge is 0.481 e. The van der Waals surface area contributed by atoms with Gasteiger partial charge in [-0.25, -0.2) is 0 Å². The summed E-state index contributed by atoms with van der Waals surface area (Å²) in [7, 11) is 0. The maximum absolute atomic E-state index is 11.9. The molecule has 0 heterocycles. The van der Waals surface area contributed by atoms with Crippen LogP contribution in [0.3, 0.4) is 0 Å². The third-order valence-electron chi connectivity index (χ3n) is 8.13. The van der Waals surface area contributed by atoms with Gasteiger partial charge in [0.25, 0.3) is 0 Å². The van der Waals surface area contributed by atoms with Crippen LogP contribution in [0.4, 0.5) is 0 Å². The second-order valence-corrected chi connectivity index (χ2v) is 9.09. The van der Waals surface area contributed by atoms with Crippen LogP contribution in [0.25, 0.3) is 0 Å². The van der Waals surface area contributed by atoms with Gasteiger partial charge in [0.1, 0.15) is 0 Å². The van der Waals surface area contributed by atoms with Crippen LogP contribution in [-0.4, -0.2) is 16.9 Å². The summed E-state index contributed by atoms with van der Waals surface area (Å²) >= 11 is 0. The molecular weight excluding hydrogens is 300 g/mol. The van der Waals surface area contributed by atoms with Crippen molar-refractivity contribution in [3.05, 3.63) is 23.3 Å². The molecule has 3 heteroatoms. The molecule has 0 saturated heterocycles. The molecule has 130 valence electrons. The van der Waals surface area contributed by atoms with Crippen molar-refractivity contribution in [1.29, 1.82) is 0 Å². The van der Waals surface area contributed by atoms with E-state index in [9.17, 15) is 14.7 Å². The summed E-state index contributed by atoms with van der Waals surface area (Å²) in [5.74, 6) is 0.985. The Bertz CT molecular complexity index is 673. The highest BCUT2D eigenvalue weighted by Crippen LogP contribution is 2.65. The van der Waals surface area contributed by atoms with Crippen molar-refractivity contribution >= 4 is 11.8 Å². The number of fused-ring (bicyclic) bond motifs is 5. The van der Waals surface area contributed by atoms with Crippen LogP contribution >= 0.6 is 0 Å². The summed E-state index contributed by atoms with van der Waals surface area (Å²) in [6, 6.07) is 0. The number of allylic oxidation sites excluding steroid dienone is 4.